The van der Waals surface area contributed by atoms with E-state index in [1.165, 1.54) is 12.8 Å². The first-order chi connectivity index (χ1) is 11.8. The summed E-state index contributed by atoms with van der Waals surface area (Å²) >= 11 is 1.62. The van der Waals surface area contributed by atoms with Crippen molar-refractivity contribution in [3.05, 3.63) is 46.9 Å². The molecule has 0 unspecified atom stereocenters. The SMILES string of the molecule is O=C(NCCN1CCCC1)c1nc2ccccn2c1-c1ccsc1. The van der Waals surface area contributed by atoms with E-state index in [0.29, 0.717) is 12.2 Å². The van der Waals surface area contributed by atoms with E-state index < -0.39 is 0 Å². The van der Waals surface area contributed by atoms with Gasteiger partial charge in [0.2, 0.25) is 0 Å². The van der Waals surface area contributed by atoms with Gasteiger partial charge in [-0.2, -0.15) is 11.3 Å². The highest BCUT2D eigenvalue weighted by Crippen LogP contribution is 2.27. The Hall–Kier alpha value is -2.18. The number of nitrogens with one attached hydrogen (secondary N) is 1. The van der Waals surface area contributed by atoms with Crippen LogP contribution >= 0.6 is 11.3 Å². The molecule has 24 heavy (non-hydrogen) atoms. The summed E-state index contributed by atoms with van der Waals surface area (Å²) in [6.07, 6.45) is 4.49. The van der Waals surface area contributed by atoms with Gasteiger partial charge >= 0.3 is 0 Å². The van der Waals surface area contributed by atoms with Crippen molar-refractivity contribution in [1.82, 2.24) is 19.6 Å². The molecule has 1 fully saturated rings. The first kappa shape index (κ1) is 15.4. The molecule has 124 valence electrons. The molecular weight excluding hydrogens is 320 g/mol. The lowest BCUT2D eigenvalue weighted by Crippen LogP contribution is -2.33. The van der Waals surface area contributed by atoms with Crippen LogP contribution in [0.2, 0.25) is 0 Å². The first-order valence-electron chi connectivity index (χ1n) is 8.33. The van der Waals surface area contributed by atoms with Gasteiger partial charge in [0.05, 0.1) is 5.69 Å². The van der Waals surface area contributed by atoms with Crippen molar-refractivity contribution < 1.29 is 4.79 Å². The highest BCUT2D eigenvalue weighted by atomic mass is 32.1. The van der Waals surface area contributed by atoms with Gasteiger partial charge < -0.3 is 10.2 Å². The highest BCUT2D eigenvalue weighted by molar-refractivity contribution is 7.08. The fourth-order valence-corrected chi connectivity index (χ4v) is 3.89. The number of fused-ring (bicyclic) bond motifs is 1. The lowest BCUT2D eigenvalue weighted by Gasteiger charge is -2.14. The summed E-state index contributed by atoms with van der Waals surface area (Å²) in [6.45, 7) is 3.86. The number of nitrogens with zero attached hydrogens (tertiary/aromatic N) is 3. The molecule has 0 bridgehead atoms. The summed E-state index contributed by atoms with van der Waals surface area (Å²) in [5.74, 6) is -0.0981. The largest absolute Gasteiger partial charge is 0.349 e. The number of hydrogen-bond donors (Lipinski definition) is 1. The van der Waals surface area contributed by atoms with E-state index in [4.69, 9.17) is 0 Å². The molecular formula is C18H20N4OS. The maximum absolute atomic E-state index is 12.7. The molecule has 1 amide bonds. The van der Waals surface area contributed by atoms with Crippen LogP contribution < -0.4 is 5.32 Å². The number of rotatable bonds is 5. The molecule has 5 nitrogen and oxygen atoms in total. The fraction of sp³-hybridized carbons (Fsp3) is 0.333. The van der Waals surface area contributed by atoms with E-state index in [2.05, 4.69) is 20.6 Å². The molecule has 4 heterocycles. The van der Waals surface area contributed by atoms with Crippen LogP contribution in [0.25, 0.3) is 16.9 Å². The summed E-state index contributed by atoms with van der Waals surface area (Å²) in [5, 5.41) is 7.11. The first-order valence-corrected chi connectivity index (χ1v) is 9.27. The van der Waals surface area contributed by atoms with Crippen molar-refractivity contribution in [2.75, 3.05) is 26.2 Å². The van der Waals surface area contributed by atoms with Gasteiger partial charge in [-0.05, 0) is 49.5 Å². The average molecular weight is 340 g/mol. The second-order valence-electron chi connectivity index (χ2n) is 6.05. The number of likely N-dealkylation sites (tertiary alicyclic amines) is 1. The predicted molar refractivity (Wildman–Crippen MR) is 96.5 cm³/mol. The molecule has 6 heteroatoms. The van der Waals surface area contributed by atoms with Crippen LogP contribution in [0.3, 0.4) is 0 Å². The molecule has 1 N–H and O–H groups in total. The number of amides is 1. The predicted octanol–water partition coefficient (Wildman–Crippen LogP) is 2.89. The molecule has 0 atom stereocenters. The number of aromatic nitrogens is 2. The molecule has 0 aromatic carbocycles. The van der Waals surface area contributed by atoms with Crippen LogP contribution in [-0.2, 0) is 0 Å². The number of carbonyl (C=O) groups is 1. The monoisotopic (exact) mass is 340 g/mol. The van der Waals surface area contributed by atoms with Gasteiger partial charge in [-0.3, -0.25) is 9.20 Å². The number of carbonyl (C=O) groups excluding carboxylic acids is 1. The van der Waals surface area contributed by atoms with Crippen LogP contribution in [0, 0.1) is 0 Å². The number of pyridine rings is 1. The van der Waals surface area contributed by atoms with Crippen molar-refractivity contribution in [2.24, 2.45) is 0 Å². The van der Waals surface area contributed by atoms with Gasteiger partial charge in [-0.15, -0.1) is 0 Å². The standard InChI is InChI=1S/C18H20N4OS/c23-18(19-7-11-21-8-3-4-9-21)16-17(14-6-12-24-13-14)22-10-2-1-5-15(22)20-16/h1-2,5-6,10,12-13H,3-4,7-9,11H2,(H,19,23). The third-order valence-corrected chi connectivity index (χ3v) is 5.14. The molecule has 0 radical (unpaired) electrons. The third kappa shape index (κ3) is 2.95. The molecule has 3 aromatic heterocycles. The van der Waals surface area contributed by atoms with E-state index in [0.717, 1.165) is 36.5 Å². The van der Waals surface area contributed by atoms with Crippen molar-refractivity contribution >= 4 is 22.9 Å². The fourth-order valence-electron chi connectivity index (χ4n) is 3.25. The molecule has 0 spiro atoms. The van der Waals surface area contributed by atoms with E-state index in [-0.39, 0.29) is 5.91 Å². The topological polar surface area (TPSA) is 49.6 Å². The van der Waals surface area contributed by atoms with Gasteiger partial charge in [0, 0.05) is 30.2 Å². The van der Waals surface area contributed by atoms with Gasteiger partial charge in [-0.1, -0.05) is 6.07 Å². The number of hydrogen-bond acceptors (Lipinski definition) is 4. The molecule has 1 saturated heterocycles. The molecule has 4 rings (SSSR count). The Bertz CT molecular complexity index is 834. The maximum Gasteiger partial charge on any atom is 0.272 e. The van der Waals surface area contributed by atoms with Crippen LogP contribution in [0.1, 0.15) is 23.3 Å². The smallest absolute Gasteiger partial charge is 0.272 e. The second-order valence-corrected chi connectivity index (χ2v) is 6.83. The summed E-state index contributed by atoms with van der Waals surface area (Å²) < 4.78 is 1.98. The summed E-state index contributed by atoms with van der Waals surface area (Å²) in [7, 11) is 0. The van der Waals surface area contributed by atoms with Gasteiger partial charge in [0.15, 0.2) is 5.69 Å². The van der Waals surface area contributed by atoms with Crippen LogP contribution in [-0.4, -0.2) is 46.4 Å². The minimum absolute atomic E-state index is 0.0981. The van der Waals surface area contributed by atoms with Crippen LogP contribution in [0.15, 0.2) is 41.2 Å². The van der Waals surface area contributed by atoms with Crippen molar-refractivity contribution in [1.29, 1.82) is 0 Å². The Morgan fingerprint density at radius 2 is 2.12 bits per heavy atom. The minimum atomic E-state index is -0.0981. The Morgan fingerprint density at radius 1 is 1.25 bits per heavy atom. The number of imidazole rings is 1. The van der Waals surface area contributed by atoms with E-state index in [1.54, 1.807) is 11.3 Å². The Morgan fingerprint density at radius 3 is 2.92 bits per heavy atom. The molecule has 3 aromatic rings. The van der Waals surface area contributed by atoms with Gasteiger partial charge in [-0.25, -0.2) is 4.98 Å². The molecule has 1 aliphatic rings. The number of thiophene rings is 1. The summed E-state index contributed by atoms with van der Waals surface area (Å²) in [6, 6.07) is 7.85. The van der Waals surface area contributed by atoms with Crippen LogP contribution in [0.4, 0.5) is 0 Å². The lowest BCUT2D eigenvalue weighted by molar-refractivity contribution is 0.0946. The zero-order valence-electron chi connectivity index (χ0n) is 13.4. The van der Waals surface area contributed by atoms with E-state index in [9.17, 15) is 4.79 Å². The lowest BCUT2D eigenvalue weighted by atomic mass is 10.2. The van der Waals surface area contributed by atoms with Crippen molar-refractivity contribution in [2.45, 2.75) is 12.8 Å². The maximum atomic E-state index is 12.7. The van der Waals surface area contributed by atoms with Gasteiger partial charge in [0.1, 0.15) is 5.65 Å². The zero-order chi connectivity index (χ0) is 16.4. The quantitative estimate of drug-likeness (QED) is 0.777. The molecule has 0 saturated carbocycles. The Balaban J connectivity index is 1.58. The minimum Gasteiger partial charge on any atom is -0.349 e. The summed E-state index contributed by atoms with van der Waals surface area (Å²) in [4.78, 5) is 19.7. The van der Waals surface area contributed by atoms with Gasteiger partial charge in [0.25, 0.3) is 5.91 Å². The van der Waals surface area contributed by atoms with E-state index in [1.807, 2.05) is 40.2 Å². The van der Waals surface area contributed by atoms with Crippen molar-refractivity contribution in [3.63, 3.8) is 0 Å². The van der Waals surface area contributed by atoms with E-state index >= 15 is 0 Å². The molecule has 0 aliphatic carbocycles. The second kappa shape index (κ2) is 6.75. The molecule has 1 aliphatic heterocycles. The third-order valence-electron chi connectivity index (χ3n) is 4.45. The highest BCUT2D eigenvalue weighted by Gasteiger charge is 2.20. The van der Waals surface area contributed by atoms with Crippen LogP contribution in [0.5, 0.6) is 0 Å². The zero-order valence-corrected chi connectivity index (χ0v) is 14.3. The average Bonchev–Trinajstić information content (AvgIpc) is 3.34. The Kier molecular flexibility index (Phi) is 4.32. The van der Waals surface area contributed by atoms with Crippen molar-refractivity contribution in [3.8, 4) is 11.3 Å². The summed E-state index contributed by atoms with van der Waals surface area (Å²) in [5.41, 5.74) is 3.19. The Labute approximate surface area is 144 Å². The normalized spacial score (nSPS) is 15.2.